The zero-order valence-corrected chi connectivity index (χ0v) is 14.4. The highest BCUT2D eigenvalue weighted by atomic mass is 16.2. The van der Waals surface area contributed by atoms with Crippen molar-refractivity contribution < 1.29 is 4.79 Å². The van der Waals surface area contributed by atoms with Crippen molar-refractivity contribution in [2.24, 2.45) is 0 Å². The van der Waals surface area contributed by atoms with Crippen LogP contribution in [0.15, 0.2) is 48.5 Å². The number of nitrogens with one attached hydrogen (secondary N) is 2. The number of hydrogen-bond donors (Lipinski definition) is 2. The number of hydrogen-bond acceptors (Lipinski definition) is 2. The van der Waals surface area contributed by atoms with Crippen LogP contribution in [0.2, 0.25) is 0 Å². The maximum Gasteiger partial charge on any atom is 0.315 e. The number of amides is 2. The van der Waals surface area contributed by atoms with E-state index < -0.39 is 0 Å². The minimum absolute atomic E-state index is 0.103. The normalized spacial score (nSPS) is 16.0. The zero-order valence-electron chi connectivity index (χ0n) is 14.4. The van der Waals surface area contributed by atoms with Gasteiger partial charge in [0.2, 0.25) is 0 Å². The van der Waals surface area contributed by atoms with Gasteiger partial charge >= 0.3 is 6.03 Å². The lowest BCUT2D eigenvalue weighted by Crippen LogP contribution is -2.36. The lowest BCUT2D eigenvalue weighted by atomic mass is 10.1. The molecule has 1 aliphatic carbocycles. The minimum atomic E-state index is -0.103. The Kier molecular flexibility index (Phi) is 5.16. The van der Waals surface area contributed by atoms with Crippen molar-refractivity contribution in [1.82, 2.24) is 15.5 Å². The van der Waals surface area contributed by atoms with E-state index in [2.05, 4.69) is 72.1 Å². The number of aryl methyl sites for hydroxylation is 1. The molecule has 1 aliphatic rings. The molecule has 2 aromatic carbocycles. The Hall–Kier alpha value is -2.33. The van der Waals surface area contributed by atoms with E-state index in [1.165, 1.54) is 16.7 Å². The summed E-state index contributed by atoms with van der Waals surface area (Å²) in [5, 5.41) is 6.04. The van der Waals surface area contributed by atoms with Crippen LogP contribution in [0.4, 0.5) is 4.79 Å². The van der Waals surface area contributed by atoms with Gasteiger partial charge < -0.3 is 15.5 Å². The van der Waals surface area contributed by atoms with Crippen molar-refractivity contribution in [2.75, 3.05) is 14.1 Å². The fourth-order valence-electron chi connectivity index (χ4n) is 3.23. The van der Waals surface area contributed by atoms with Crippen molar-refractivity contribution in [1.29, 1.82) is 0 Å². The first kappa shape index (κ1) is 16.5. The zero-order chi connectivity index (χ0) is 16.9. The molecule has 0 heterocycles. The molecule has 1 unspecified atom stereocenters. The molecule has 4 heteroatoms. The summed E-state index contributed by atoms with van der Waals surface area (Å²) in [5.41, 5.74) is 4.98. The third-order valence-electron chi connectivity index (χ3n) is 4.41. The lowest BCUT2D eigenvalue weighted by molar-refractivity contribution is 0.236. The fraction of sp³-hybridized carbons (Fsp3) is 0.350. The van der Waals surface area contributed by atoms with Crippen molar-refractivity contribution >= 4 is 6.03 Å². The Morgan fingerprint density at radius 1 is 1.08 bits per heavy atom. The second-order valence-corrected chi connectivity index (χ2v) is 6.67. The van der Waals surface area contributed by atoms with Crippen molar-refractivity contribution in [3.63, 3.8) is 0 Å². The Bertz CT molecular complexity index is 694. The number of nitrogens with zero attached hydrogens (tertiary/aromatic N) is 1. The molecule has 0 aromatic heterocycles. The highest BCUT2D eigenvalue weighted by Gasteiger charge is 2.23. The fourth-order valence-corrected chi connectivity index (χ4v) is 3.23. The summed E-state index contributed by atoms with van der Waals surface area (Å²) in [4.78, 5) is 14.3. The molecule has 2 amide bonds. The largest absolute Gasteiger partial charge is 0.334 e. The maximum absolute atomic E-state index is 12.2. The quantitative estimate of drug-likeness (QED) is 0.887. The van der Waals surface area contributed by atoms with E-state index >= 15 is 0 Å². The molecule has 126 valence electrons. The summed E-state index contributed by atoms with van der Waals surface area (Å²) in [7, 11) is 4.11. The van der Waals surface area contributed by atoms with Gasteiger partial charge in [0.25, 0.3) is 0 Å². The monoisotopic (exact) mass is 323 g/mol. The molecule has 0 radical (unpaired) electrons. The Labute approximate surface area is 143 Å². The first-order chi connectivity index (χ1) is 11.6. The molecule has 0 bridgehead atoms. The number of rotatable bonds is 5. The maximum atomic E-state index is 12.2. The van der Waals surface area contributed by atoms with Crippen molar-refractivity contribution in [2.45, 2.75) is 32.0 Å². The van der Waals surface area contributed by atoms with Gasteiger partial charge in [0, 0.05) is 13.1 Å². The second-order valence-electron chi connectivity index (χ2n) is 6.67. The van der Waals surface area contributed by atoms with Crippen LogP contribution in [0.25, 0.3) is 0 Å². The van der Waals surface area contributed by atoms with E-state index in [0.717, 1.165) is 24.9 Å². The van der Waals surface area contributed by atoms with Crippen LogP contribution in [0.5, 0.6) is 0 Å². The molecule has 4 nitrogen and oxygen atoms in total. The summed E-state index contributed by atoms with van der Waals surface area (Å²) in [5.74, 6) is 0. The molecule has 0 aliphatic heterocycles. The first-order valence-corrected chi connectivity index (χ1v) is 8.46. The van der Waals surface area contributed by atoms with Gasteiger partial charge in [-0.1, -0.05) is 48.5 Å². The number of benzene rings is 2. The van der Waals surface area contributed by atoms with E-state index in [9.17, 15) is 4.79 Å². The Morgan fingerprint density at radius 2 is 1.79 bits per heavy atom. The van der Waals surface area contributed by atoms with Crippen molar-refractivity contribution in [3.8, 4) is 0 Å². The predicted octanol–water partition coefficient (Wildman–Crippen LogP) is 3.23. The summed E-state index contributed by atoms with van der Waals surface area (Å²) < 4.78 is 0. The van der Waals surface area contributed by atoms with E-state index in [-0.39, 0.29) is 12.1 Å². The molecule has 3 rings (SSSR count). The molecule has 2 aromatic rings. The smallest absolute Gasteiger partial charge is 0.315 e. The Balaban J connectivity index is 1.49. The van der Waals surface area contributed by atoms with Gasteiger partial charge in [0.15, 0.2) is 0 Å². The summed E-state index contributed by atoms with van der Waals surface area (Å²) in [6, 6.07) is 16.7. The van der Waals surface area contributed by atoms with E-state index in [0.29, 0.717) is 6.54 Å². The first-order valence-electron chi connectivity index (χ1n) is 8.46. The van der Waals surface area contributed by atoms with Gasteiger partial charge in [-0.15, -0.1) is 0 Å². The number of urea groups is 1. The SMILES string of the molecule is CN(C)Cc1ccc(CNC(=O)NC2CCc3ccccc32)cc1. The van der Waals surface area contributed by atoms with Gasteiger partial charge in [-0.05, 0) is 49.2 Å². The average Bonchev–Trinajstić information content (AvgIpc) is 2.97. The second kappa shape index (κ2) is 7.49. The van der Waals surface area contributed by atoms with Crippen LogP contribution in [-0.2, 0) is 19.5 Å². The third-order valence-corrected chi connectivity index (χ3v) is 4.41. The summed E-state index contributed by atoms with van der Waals surface area (Å²) in [6.45, 7) is 1.47. The molecule has 24 heavy (non-hydrogen) atoms. The van der Waals surface area contributed by atoms with Crippen LogP contribution >= 0.6 is 0 Å². The van der Waals surface area contributed by atoms with Crippen molar-refractivity contribution in [3.05, 3.63) is 70.8 Å². The predicted molar refractivity (Wildman–Crippen MR) is 96.7 cm³/mol. The number of carbonyl (C=O) groups is 1. The third kappa shape index (κ3) is 4.15. The molecular formula is C20H25N3O. The van der Waals surface area contributed by atoms with Crippen LogP contribution in [0.1, 0.15) is 34.7 Å². The molecule has 0 saturated carbocycles. The topological polar surface area (TPSA) is 44.4 Å². The molecule has 0 fully saturated rings. The number of carbonyl (C=O) groups excluding carboxylic acids is 1. The average molecular weight is 323 g/mol. The standard InChI is InChI=1S/C20H25N3O/c1-23(2)14-16-9-7-15(8-10-16)13-21-20(24)22-19-12-11-17-5-3-4-6-18(17)19/h3-10,19H,11-14H2,1-2H3,(H2,21,22,24). The van der Waals surface area contributed by atoms with Gasteiger partial charge in [-0.2, -0.15) is 0 Å². The van der Waals surface area contributed by atoms with Gasteiger partial charge in [0.05, 0.1) is 6.04 Å². The minimum Gasteiger partial charge on any atom is -0.334 e. The molecule has 0 spiro atoms. The van der Waals surface area contributed by atoms with Crippen LogP contribution < -0.4 is 10.6 Å². The Morgan fingerprint density at radius 3 is 2.54 bits per heavy atom. The van der Waals surface area contributed by atoms with Gasteiger partial charge in [-0.25, -0.2) is 4.79 Å². The van der Waals surface area contributed by atoms with E-state index in [1.807, 2.05) is 6.07 Å². The van der Waals surface area contributed by atoms with Gasteiger partial charge in [-0.3, -0.25) is 0 Å². The van der Waals surface area contributed by atoms with Crippen LogP contribution in [-0.4, -0.2) is 25.0 Å². The molecular weight excluding hydrogens is 298 g/mol. The molecule has 1 atom stereocenters. The summed E-state index contributed by atoms with van der Waals surface area (Å²) in [6.07, 6.45) is 2.01. The van der Waals surface area contributed by atoms with E-state index in [1.54, 1.807) is 0 Å². The van der Waals surface area contributed by atoms with Crippen LogP contribution in [0.3, 0.4) is 0 Å². The highest BCUT2D eigenvalue weighted by Crippen LogP contribution is 2.30. The van der Waals surface area contributed by atoms with E-state index in [4.69, 9.17) is 0 Å². The van der Waals surface area contributed by atoms with Crippen LogP contribution in [0, 0.1) is 0 Å². The lowest BCUT2D eigenvalue weighted by Gasteiger charge is -2.15. The van der Waals surface area contributed by atoms with Gasteiger partial charge in [0.1, 0.15) is 0 Å². The molecule has 2 N–H and O–H groups in total. The number of fused-ring (bicyclic) bond motifs is 1. The highest BCUT2D eigenvalue weighted by molar-refractivity contribution is 5.74. The molecule has 0 saturated heterocycles. The summed E-state index contributed by atoms with van der Waals surface area (Å²) >= 11 is 0.